The second-order valence-electron chi connectivity index (χ2n) is 8.80. The number of fused-ring (bicyclic) bond motifs is 1. The molecule has 3 heterocycles. The molecule has 158 valence electrons. The predicted octanol–water partition coefficient (Wildman–Crippen LogP) is 5.91. The Morgan fingerprint density at radius 3 is 2.43 bits per heavy atom. The number of carbonyl (C=O) groups is 1. The maximum absolute atomic E-state index is 11.9. The van der Waals surface area contributed by atoms with Crippen LogP contribution in [0.1, 0.15) is 61.0 Å². The summed E-state index contributed by atoms with van der Waals surface area (Å²) in [6.07, 6.45) is 1.98. The van der Waals surface area contributed by atoms with E-state index in [4.69, 9.17) is 11.6 Å². The number of benzene rings is 1. The number of amides is 1. The number of nitrogens with zero attached hydrogens (tertiary/aromatic N) is 2. The molecule has 1 aliphatic rings. The fraction of sp³-hybridized carbons (Fsp3) is 0.440. The number of nitrogens with one attached hydrogen (secondary N) is 1. The molecular weight excluding hydrogens is 394 g/mol. The normalized spacial score (nSPS) is 15.3. The summed E-state index contributed by atoms with van der Waals surface area (Å²) < 4.78 is 0. The quantitative estimate of drug-likeness (QED) is 0.530. The molecule has 0 unspecified atom stereocenters. The zero-order valence-electron chi connectivity index (χ0n) is 18.3. The lowest BCUT2D eigenvalue weighted by Gasteiger charge is -2.32. The fourth-order valence-corrected chi connectivity index (χ4v) is 5.01. The second-order valence-corrected chi connectivity index (χ2v) is 9.07. The van der Waals surface area contributed by atoms with E-state index in [9.17, 15) is 4.79 Å². The number of hydrogen-bond donors (Lipinski definition) is 1. The molecule has 4 rings (SSSR count). The molecule has 3 aromatic rings. The van der Waals surface area contributed by atoms with Crippen molar-refractivity contribution in [1.29, 1.82) is 0 Å². The van der Waals surface area contributed by atoms with Gasteiger partial charge in [0.1, 0.15) is 5.88 Å². The molecule has 1 fully saturated rings. The standard InChI is InChI=1S/C25H30ClN3O/c1-15(2)24-21-13-19(18-7-9-29(10-8-18)23(30)14-26)5-6-22(21)28-25(24)20-11-16(3)27-17(4)12-20/h5-6,11-13,15,18,28H,7-10,14H2,1-4H3. The van der Waals surface area contributed by atoms with E-state index >= 15 is 0 Å². The number of aromatic nitrogens is 2. The molecule has 1 N–H and O–H groups in total. The van der Waals surface area contributed by atoms with Gasteiger partial charge in [-0.2, -0.15) is 0 Å². The fourth-order valence-electron chi connectivity index (χ4n) is 4.84. The molecule has 0 radical (unpaired) electrons. The first-order valence-corrected chi connectivity index (χ1v) is 11.4. The van der Waals surface area contributed by atoms with E-state index in [1.807, 2.05) is 18.7 Å². The van der Waals surface area contributed by atoms with Crippen LogP contribution in [0, 0.1) is 13.8 Å². The highest BCUT2D eigenvalue weighted by atomic mass is 35.5. The molecule has 4 nitrogen and oxygen atoms in total. The van der Waals surface area contributed by atoms with E-state index in [-0.39, 0.29) is 11.8 Å². The van der Waals surface area contributed by atoms with Gasteiger partial charge in [0, 0.05) is 40.9 Å². The third-order valence-corrected chi connectivity index (χ3v) is 6.47. The Kier molecular flexibility index (Phi) is 5.88. The van der Waals surface area contributed by atoms with E-state index in [0.29, 0.717) is 11.8 Å². The Labute approximate surface area is 183 Å². The van der Waals surface area contributed by atoms with Crippen molar-refractivity contribution in [3.63, 3.8) is 0 Å². The maximum Gasteiger partial charge on any atom is 0.237 e. The Morgan fingerprint density at radius 1 is 1.17 bits per heavy atom. The number of aryl methyl sites for hydroxylation is 2. The number of halogens is 1. The second kappa shape index (κ2) is 8.43. The summed E-state index contributed by atoms with van der Waals surface area (Å²) in [6, 6.07) is 11.2. The molecule has 0 atom stereocenters. The Bertz CT molecular complexity index is 1060. The van der Waals surface area contributed by atoms with Crippen molar-refractivity contribution in [2.45, 2.75) is 52.4 Å². The van der Waals surface area contributed by atoms with Gasteiger partial charge in [-0.05, 0) is 73.9 Å². The monoisotopic (exact) mass is 423 g/mol. The zero-order chi connectivity index (χ0) is 21.4. The van der Waals surface area contributed by atoms with Crippen molar-refractivity contribution in [2.24, 2.45) is 0 Å². The number of hydrogen-bond acceptors (Lipinski definition) is 2. The van der Waals surface area contributed by atoms with Gasteiger partial charge in [-0.1, -0.05) is 19.9 Å². The van der Waals surface area contributed by atoms with E-state index < -0.39 is 0 Å². The highest BCUT2D eigenvalue weighted by Gasteiger charge is 2.24. The number of likely N-dealkylation sites (tertiary alicyclic amines) is 1. The van der Waals surface area contributed by atoms with Gasteiger partial charge < -0.3 is 9.88 Å². The first-order chi connectivity index (χ1) is 14.4. The summed E-state index contributed by atoms with van der Waals surface area (Å²) in [7, 11) is 0. The first-order valence-electron chi connectivity index (χ1n) is 10.8. The van der Waals surface area contributed by atoms with Crippen LogP contribution < -0.4 is 0 Å². The van der Waals surface area contributed by atoms with Crippen LogP contribution in [0.5, 0.6) is 0 Å². The van der Waals surface area contributed by atoms with Gasteiger partial charge in [-0.3, -0.25) is 9.78 Å². The third-order valence-electron chi connectivity index (χ3n) is 6.24. The molecule has 1 aromatic carbocycles. The predicted molar refractivity (Wildman–Crippen MR) is 124 cm³/mol. The van der Waals surface area contributed by atoms with E-state index in [0.717, 1.165) is 37.3 Å². The molecule has 5 heteroatoms. The smallest absolute Gasteiger partial charge is 0.237 e. The molecule has 1 saturated heterocycles. The van der Waals surface area contributed by atoms with Crippen LogP contribution in [-0.2, 0) is 4.79 Å². The van der Waals surface area contributed by atoms with Crippen molar-refractivity contribution < 1.29 is 4.79 Å². The highest BCUT2D eigenvalue weighted by Crippen LogP contribution is 2.38. The molecule has 30 heavy (non-hydrogen) atoms. The van der Waals surface area contributed by atoms with Gasteiger partial charge in [-0.25, -0.2) is 0 Å². The molecular formula is C25H30ClN3O. The number of carbonyl (C=O) groups excluding carboxylic acids is 1. The lowest BCUT2D eigenvalue weighted by atomic mass is 9.87. The van der Waals surface area contributed by atoms with Crippen molar-refractivity contribution in [2.75, 3.05) is 19.0 Å². The number of pyridine rings is 1. The number of aromatic amines is 1. The van der Waals surface area contributed by atoms with Crippen LogP contribution in [0.3, 0.4) is 0 Å². The lowest BCUT2D eigenvalue weighted by molar-refractivity contribution is -0.129. The Morgan fingerprint density at radius 2 is 1.83 bits per heavy atom. The molecule has 2 aromatic heterocycles. The third kappa shape index (κ3) is 3.98. The zero-order valence-corrected chi connectivity index (χ0v) is 19.0. The van der Waals surface area contributed by atoms with Crippen LogP contribution in [0.25, 0.3) is 22.2 Å². The summed E-state index contributed by atoms with van der Waals surface area (Å²) in [4.78, 5) is 22.0. The van der Waals surface area contributed by atoms with Gasteiger partial charge in [0.25, 0.3) is 0 Å². The SMILES string of the molecule is Cc1cc(-c2[nH]c3ccc(C4CCN(C(=O)CCl)CC4)cc3c2C(C)C)cc(C)n1. The molecule has 0 bridgehead atoms. The van der Waals surface area contributed by atoms with Crippen LogP contribution in [0.2, 0.25) is 0 Å². The largest absolute Gasteiger partial charge is 0.354 e. The van der Waals surface area contributed by atoms with Crippen molar-refractivity contribution in [3.8, 4) is 11.3 Å². The van der Waals surface area contributed by atoms with Gasteiger partial charge in [0.15, 0.2) is 0 Å². The van der Waals surface area contributed by atoms with Crippen LogP contribution in [0.15, 0.2) is 30.3 Å². The van der Waals surface area contributed by atoms with Crippen molar-refractivity contribution in [1.82, 2.24) is 14.9 Å². The molecule has 1 amide bonds. The van der Waals surface area contributed by atoms with Gasteiger partial charge in [-0.15, -0.1) is 11.6 Å². The number of alkyl halides is 1. The summed E-state index contributed by atoms with van der Waals surface area (Å²) >= 11 is 5.72. The summed E-state index contributed by atoms with van der Waals surface area (Å²) in [5, 5.41) is 1.31. The molecule has 0 aliphatic carbocycles. The minimum atomic E-state index is 0.0471. The van der Waals surface area contributed by atoms with E-state index in [1.54, 1.807) is 0 Å². The van der Waals surface area contributed by atoms with Gasteiger partial charge in [0.2, 0.25) is 5.91 Å². The highest BCUT2D eigenvalue weighted by molar-refractivity contribution is 6.27. The molecule has 0 spiro atoms. The van der Waals surface area contributed by atoms with E-state index in [2.05, 4.69) is 54.1 Å². The average Bonchev–Trinajstić information content (AvgIpc) is 3.11. The van der Waals surface area contributed by atoms with Crippen molar-refractivity contribution in [3.05, 3.63) is 52.8 Å². The van der Waals surface area contributed by atoms with Gasteiger partial charge >= 0.3 is 0 Å². The minimum absolute atomic E-state index is 0.0471. The minimum Gasteiger partial charge on any atom is -0.354 e. The number of piperidine rings is 1. The summed E-state index contributed by atoms with van der Waals surface area (Å²) in [5.74, 6) is 1.01. The molecule has 1 aliphatic heterocycles. The van der Waals surface area contributed by atoms with Crippen LogP contribution >= 0.6 is 11.6 Å². The average molecular weight is 424 g/mol. The summed E-state index contributed by atoms with van der Waals surface area (Å²) in [5.41, 5.74) is 8.40. The maximum atomic E-state index is 11.9. The number of H-pyrrole nitrogens is 1. The van der Waals surface area contributed by atoms with E-state index in [1.165, 1.54) is 33.3 Å². The first kappa shape index (κ1) is 20.9. The van der Waals surface area contributed by atoms with Crippen molar-refractivity contribution >= 4 is 28.4 Å². The Balaban J connectivity index is 1.71. The van der Waals surface area contributed by atoms with Crippen LogP contribution in [-0.4, -0.2) is 39.7 Å². The molecule has 0 saturated carbocycles. The van der Waals surface area contributed by atoms with Crippen LogP contribution in [0.4, 0.5) is 0 Å². The van der Waals surface area contributed by atoms with Gasteiger partial charge in [0.05, 0.1) is 5.69 Å². The number of rotatable bonds is 4. The topological polar surface area (TPSA) is 49.0 Å². The summed E-state index contributed by atoms with van der Waals surface area (Å²) in [6.45, 7) is 10.2. The lowest BCUT2D eigenvalue weighted by Crippen LogP contribution is -2.38. The Hall–Kier alpha value is -2.33.